The highest BCUT2D eigenvalue weighted by Gasteiger charge is 2.33. The molecular weight excluding hydrogens is 241 g/mol. The van der Waals surface area contributed by atoms with Crippen molar-refractivity contribution >= 4 is 14.0 Å². The predicted molar refractivity (Wildman–Crippen MR) is 64.8 cm³/mol. The molecule has 1 aromatic carbocycles. The van der Waals surface area contributed by atoms with Crippen LogP contribution in [0.3, 0.4) is 0 Å². The van der Waals surface area contributed by atoms with Gasteiger partial charge < -0.3 is 14.4 Å². The van der Waals surface area contributed by atoms with E-state index in [-0.39, 0.29) is 0 Å². The molecule has 0 aliphatic heterocycles. The third kappa shape index (κ3) is 3.66. The molecule has 0 aromatic heterocycles. The minimum atomic E-state index is -3.32. The van der Waals surface area contributed by atoms with Gasteiger partial charge in [-0.25, -0.2) is 0 Å². The van der Waals surface area contributed by atoms with Crippen molar-refractivity contribution < 1.29 is 18.4 Å². The molecule has 0 radical (unpaired) electrons. The van der Waals surface area contributed by atoms with Crippen molar-refractivity contribution in [1.29, 1.82) is 0 Å². The van der Waals surface area contributed by atoms with E-state index < -0.39 is 13.4 Å². The highest BCUT2D eigenvalue weighted by molar-refractivity contribution is 7.54. The number of carbonyl (C=O) groups is 1. The van der Waals surface area contributed by atoms with E-state index in [1.54, 1.807) is 0 Å². The van der Waals surface area contributed by atoms with Crippen LogP contribution in [-0.4, -0.2) is 26.4 Å². The Morgan fingerprint density at radius 2 is 1.88 bits per heavy atom. The second kappa shape index (κ2) is 6.55. The van der Waals surface area contributed by atoms with Crippen LogP contribution in [0.4, 0.5) is 0 Å². The first-order valence-electron chi connectivity index (χ1n) is 5.11. The van der Waals surface area contributed by atoms with Crippen LogP contribution in [-0.2, 0) is 24.8 Å². The van der Waals surface area contributed by atoms with Crippen molar-refractivity contribution in [3.05, 3.63) is 35.9 Å². The molecule has 0 saturated carbocycles. The van der Waals surface area contributed by atoms with Crippen LogP contribution in [0.5, 0.6) is 0 Å². The number of hydrogen-bond donors (Lipinski definition) is 1. The van der Waals surface area contributed by atoms with Crippen LogP contribution in [0.25, 0.3) is 0 Å². The van der Waals surface area contributed by atoms with Crippen LogP contribution in [0.2, 0.25) is 0 Å². The largest absolute Gasteiger partial charge is 0.352 e. The topological polar surface area (TPSA) is 64.6 Å². The molecule has 1 atom stereocenters. The van der Waals surface area contributed by atoms with Crippen molar-refractivity contribution in [2.24, 2.45) is 0 Å². The summed E-state index contributed by atoms with van der Waals surface area (Å²) in [7, 11) is -0.715. The Balaban J connectivity index is 2.86. The van der Waals surface area contributed by atoms with Gasteiger partial charge in [0.2, 0.25) is 6.41 Å². The van der Waals surface area contributed by atoms with Crippen LogP contribution >= 0.6 is 7.60 Å². The van der Waals surface area contributed by atoms with E-state index >= 15 is 0 Å². The lowest BCUT2D eigenvalue weighted by Gasteiger charge is -2.23. The third-order valence-electron chi connectivity index (χ3n) is 2.42. The monoisotopic (exact) mass is 257 g/mol. The zero-order valence-electron chi connectivity index (χ0n) is 9.83. The SMILES string of the molecule is COP(=O)(OC)[C@H](Cc1ccccc1)NC=O. The van der Waals surface area contributed by atoms with Gasteiger partial charge in [-0.2, -0.15) is 0 Å². The van der Waals surface area contributed by atoms with E-state index in [1.165, 1.54) is 14.2 Å². The van der Waals surface area contributed by atoms with Crippen LogP contribution in [0, 0.1) is 0 Å². The van der Waals surface area contributed by atoms with Gasteiger partial charge in [-0.15, -0.1) is 0 Å². The summed E-state index contributed by atoms with van der Waals surface area (Å²) in [4.78, 5) is 10.5. The van der Waals surface area contributed by atoms with Gasteiger partial charge in [0.05, 0.1) is 0 Å². The molecule has 6 heteroatoms. The molecule has 1 amide bonds. The summed E-state index contributed by atoms with van der Waals surface area (Å²) in [6.07, 6.45) is 0.886. The van der Waals surface area contributed by atoms with Crippen molar-refractivity contribution in [2.75, 3.05) is 14.2 Å². The molecule has 0 spiro atoms. The molecule has 0 bridgehead atoms. The molecule has 94 valence electrons. The molecule has 1 aromatic rings. The highest BCUT2D eigenvalue weighted by Crippen LogP contribution is 2.51. The van der Waals surface area contributed by atoms with Crippen molar-refractivity contribution in [3.63, 3.8) is 0 Å². The molecule has 5 nitrogen and oxygen atoms in total. The summed E-state index contributed by atoms with van der Waals surface area (Å²) in [5.74, 6) is -0.683. The summed E-state index contributed by atoms with van der Waals surface area (Å²) >= 11 is 0. The Labute approximate surface area is 101 Å². The van der Waals surface area contributed by atoms with Gasteiger partial charge in [0, 0.05) is 20.6 Å². The Morgan fingerprint density at radius 1 is 1.29 bits per heavy atom. The second-order valence-electron chi connectivity index (χ2n) is 3.40. The molecule has 0 unspecified atom stereocenters. The van der Waals surface area contributed by atoms with E-state index in [9.17, 15) is 9.36 Å². The normalized spacial score (nSPS) is 13.1. The summed E-state index contributed by atoms with van der Waals surface area (Å²) < 4.78 is 22.0. The fourth-order valence-corrected chi connectivity index (χ4v) is 2.84. The van der Waals surface area contributed by atoms with E-state index in [2.05, 4.69) is 5.32 Å². The van der Waals surface area contributed by atoms with Crippen molar-refractivity contribution in [2.45, 2.75) is 12.2 Å². The first kappa shape index (κ1) is 13.9. The first-order chi connectivity index (χ1) is 8.16. The Kier molecular flexibility index (Phi) is 5.35. The lowest BCUT2D eigenvalue weighted by atomic mass is 10.1. The average Bonchev–Trinajstić information content (AvgIpc) is 2.38. The average molecular weight is 257 g/mol. The van der Waals surface area contributed by atoms with Crippen LogP contribution in [0.15, 0.2) is 30.3 Å². The highest BCUT2D eigenvalue weighted by atomic mass is 31.2. The zero-order valence-corrected chi connectivity index (χ0v) is 10.7. The Bertz CT molecular complexity index is 388. The van der Waals surface area contributed by atoms with Gasteiger partial charge in [-0.3, -0.25) is 9.36 Å². The second-order valence-corrected chi connectivity index (χ2v) is 5.83. The van der Waals surface area contributed by atoms with Crippen LogP contribution in [0.1, 0.15) is 5.56 Å². The molecular formula is C11H16NO4P. The van der Waals surface area contributed by atoms with Gasteiger partial charge in [0.15, 0.2) is 0 Å². The van der Waals surface area contributed by atoms with Gasteiger partial charge in [0.1, 0.15) is 5.78 Å². The Morgan fingerprint density at radius 3 is 2.35 bits per heavy atom. The van der Waals surface area contributed by atoms with E-state index in [0.29, 0.717) is 12.8 Å². The standard InChI is InChI=1S/C11H16NO4P/c1-15-17(14,16-2)11(12-9-13)8-10-6-4-3-5-7-10/h3-7,9,11H,8H2,1-2H3,(H,12,13)/t11-/m1/s1. The smallest absolute Gasteiger partial charge is 0.344 e. The molecule has 0 saturated heterocycles. The van der Waals surface area contributed by atoms with Gasteiger partial charge in [0.25, 0.3) is 0 Å². The third-order valence-corrected chi connectivity index (χ3v) is 4.54. The first-order valence-corrected chi connectivity index (χ1v) is 6.72. The van der Waals surface area contributed by atoms with E-state index in [1.807, 2.05) is 30.3 Å². The maximum Gasteiger partial charge on any atom is 0.352 e. The summed E-state index contributed by atoms with van der Waals surface area (Å²) in [6, 6.07) is 9.40. The number of amides is 1. The van der Waals surface area contributed by atoms with Gasteiger partial charge in [-0.05, 0) is 5.56 Å². The summed E-state index contributed by atoms with van der Waals surface area (Å²) in [5.41, 5.74) is 0.946. The van der Waals surface area contributed by atoms with Gasteiger partial charge >= 0.3 is 7.60 Å². The fraction of sp³-hybridized carbons (Fsp3) is 0.364. The maximum atomic E-state index is 12.2. The van der Waals surface area contributed by atoms with Crippen molar-refractivity contribution in [1.82, 2.24) is 5.32 Å². The predicted octanol–water partition coefficient (Wildman–Crippen LogP) is 1.79. The lowest BCUT2D eigenvalue weighted by molar-refractivity contribution is -0.109. The molecule has 1 N–H and O–H groups in total. The number of rotatable bonds is 7. The van der Waals surface area contributed by atoms with E-state index in [0.717, 1.165) is 5.56 Å². The zero-order chi connectivity index (χ0) is 12.7. The fourth-order valence-electron chi connectivity index (χ4n) is 1.51. The number of nitrogens with one attached hydrogen (secondary N) is 1. The minimum Gasteiger partial charge on any atom is -0.344 e. The summed E-state index contributed by atoms with van der Waals surface area (Å²) in [6.45, 7) is 0. The van der Waals surface area contributed by atoms with Crippen LogP contribution < -0.4 is 5.32 Å². The molecule has 0 aliphatic rings. The minimum absolute atomic E-state index is 0.387. The molecule has 0 fully saturated rings. The number of benzene rings is 1. The van der Waals surface area contributed by atoms with Gasteiger partial charge in [-0.1, -0.05) is 30.3 Å². The molecule has 1 rings (SSSR count). The molecule has 0 aliphatic carbocycles. The lowest BCUT2D eigenvalue weighted by Crippen LogP contribution is -2.31. The van der Waals surface area contributed by atoms with Crippen molar-refractivity contribution in [3.8, 4) is 0 Å². The quantitative estimate of drug-likeness (QED) is 0.597. The molecule has 17 heavy (non-hydrogen) atoms. The summed E-state index contributed by atoms with van der Waals surface area (Å²) in [5, 5.41) is 2.48. The maximum absolute atomic E-state index is 12.2. The van der Waals surface area contributed by atoms with E-state index in [4.69, 9.17) is 9.05 Å². The number of hydrogen-bond acceptors (Lipinski definition) is 4. The Hall–Kier alpha value is -1.16. The molecule has 0 heterocycles. The number of carbonyl (C=O) groups excluding carboxylic acids is 1.